The van der Waals surface area contributed by atoms with Gasteiger partial charge >= 0.3 is 5.97 Å². The molecule has 0 rings (SSSR count). The maximum Gasteiger partial charge on any atom is 0.303 e. The highest BCUT2D eigenvalue weighted by Crippen LogP contribution is 2.14. The number of carboxylic acids is 1. The molecular weight excluding hydrogens is 252 g/mol. The second-order valence-corrected chi connectivity index (χ2v) is 5.67. The third kappa shape index (κ3) is 10.5. The van der Waals surface area contributed by atoms with E-state index in [1.54, 1.807) is 6.92 Å². The van der Waals surface area contributed by atoms with Crippen molar-refractivity contribution in [3.8, 4) is 0 Å². The quantitative estimate of drug-likeness (QED) is 0.477. The number of carboxylic acid groups (broad SMARTS) is 1. The first-order valence-corrected chi connectivity index (χ1v) is 7.37. The van der Waals surface area contributed by atoms with Gasteiger partial charge in [-0.2, -0.15) is 0 Å². The highest BCUT2D eigenvalue weighted by atomic mass is 16.4. The lowest BCUT2D eigenvalue weighted by molar-refractivity contribution is -0.137. The van der Waals surface area contributed by atoms with Gasteiger partial charge in [-0.1, -0.05) is 37.6 Å². The Morgan fingerprint density at radius 1 is 1.10 bits per heavy atom. The molecule has 0 radical (unpaired) electrons. The summed E-state index contributed by atoms with van der Waals surface area (Å²) >= 11 is 0. The number of hydrogen-bond acceptors (Lipinski definition) is 2. The molecule has 0 aromatic carbocycles. The normalized spacial score (nSPS) is 15.3. The number of carbonyl (C=O) groups is 2. The van der Waals surface area contributed by atoms with Gasteiger partial charge in [0.15, 0.2) is 0 Å². The van der Waals surface area contributed by atoms with E-state index in [-0.39, 0.29) is 18.1 Å². The van der Waals surface area contributed by atoms with Crippen molar-refractivity contribution in [3.05, 3.63) is 23.8 Å². The zero-order valence-electron chi connectivity index (χ0n) is 13.2. The number of ketones is 1. The predicted octanol–water partition coefficient (Wildman–Crippen LogP) is 4.39. The average Bonchev–Trinajstić information content (AvgIpc) is 2.35. The summed E-state index contributed by atoms with van der Waals surface area (Å²) in [5.41, 5.74) is 1.14. The van der Waals surface area contributed by atoms with E-state index in [1.165, 1.54) is 0 Å². The van der Waals surface area contributed by atoms with Crippen LogP contribution in [-0.2, 0) is 9.59 Å². The Kier molecular flexibility index (Phi) is 9.69. The molecule has 0 saturated carbocycles. The number of rotatable bonds is 10. The molecular formula is C17H28O3. The number of unbranched alkanes of at least 4 members (excludes halogenated alkanes) is 1. The van der Waals surface area contributed by atoms with Gasteiger partial charge in [-0.25, -0.2) is 0 Å². The van der Waals surface area contributed by atoms with Crippen LogP contribution in [0.15, 0.2) is 23.8 Å². The molecule has 0 fully saturated rings. The first-order chi connectivity index (χ1) is 9.32. The van der Waals surface area contributed by atoms with Gasteiger partial charge in [0.2, 0.25) is 0 Å². The number of aliphatic carboxylic acids is 1. The molecule has 0 aliphatic carbocycles. The van der Waals surface area contributed by atoms with Crippen molar-refractivity contribution in [2.45, 2.75) is 59.8 Å². The van der Waals surface area contributed by atoms with E-state index < -0.39 is 5.97 Å². The second kappa shape index (κ2) is 10.4. The molecule has 3 heteroatoms. The van der Waals surface area contributed by atoms with Crippen molar-refractivity contribution < 1.29 is 14.7 Å². The maximum atomic E-state index is 11.2. The Labute approximate surface area is 122 Å². The van der Waals surface area contributed by atoms with Crippen molar-refractivity contribution in [3.63, 3.8) is 0 Å². The standard InChI is InChI=1S/C17H28O3/c1-13(10-11-17(19)20)8-6-5-7-9-14(2)12-15(3)16(4)18/h7-9,14-15H,5-6,10-12H2,1-4H3,(H,19,20)/b9-7+,13-8+. The van der Waals surface area contributed by atoms with Crippen LogP contribution >= 0.6 is 0 Å². The summed E-state index contributed by atoms with van der Waals surface area (Å²) in [7, 11) is 0. The first-order valence-electron chi connectivity index (χ1n) is 7.37. The lowest BCUT2D eigenvalue weighted by Crippen LogP contribution is -2.09. The molecule has 0 aliphatic heterocycles. The SMILES string of the molecule is CC(=O)C(C)CC(C)/C=C/CC/C=C(\C)CCC(=O)O. The molecule has 0 heterocycles. The van der Waals surface area contributed by atoms with E-state index in [0.29, 0.717) is 12.3 Å². The highest BCUT2D eigenvalue weighted by molar-refractivity contribution is 5.77. The predicted molar refractivity (Wildman–Crippen MR) is 82.6 cm³/mol. The van der Waals surface area contributed by atoms with Crippen LogP contribution in [0.4, 0.5) is 0 Å². The Hall–Kier alpha value is -1.38. The topological polar surface area (TPSA) is 54.4 Å². The first kappa shape index (κ1) is 18.6. The fraction of sp³-hybridized carbons (Fsp3) is 0.647. The van der Waals surface area contributed by atoms with Crippen LogP contribution in [0.5, 0.6) is 0 Å². The second-order valence-electron chi connectivity index (χ2n) is 5.67. The molecule has 114 valence electrons. The minimum absolute atomic E-state index is 0.132. The molecule has 0 aliphatic rings. The van der Waals surface area contributed by atoms with Crippen LogP contribution in [0.1, 0.15) is 59.8 Å². The number of Topliss-reactive ketones (excluding diaryl/α,β-unsaturated/α-hetero) is 1. The van der Waals surface area contributed by atoms with Gasteiger partial charge in [0, 0.05) is 12.3 Å². The maximum absolute atomic E-state index is 11.2. The van der Waals surface area contributed by atoms with Crippen LogP contribution in [0.2, 0.25) is 0 Å². The third-order valence-electron chi connectivity index (χ3n) is 3.44. The summed E-state index contributed by atoms with van der Waals surface area (Å²) in [5.74, 6) is 0.0621. The summed E-state index contributed by atoms with van der Waals surface area (Å²) < 4.78 is 0. The highest BCUT2D eigenvalue weighted by Gasteiger charge is 2.10. The van der Waals surface area contributed by atoms with Gasteiger partial charge < -0.3 is 5.11 Å². The van der Waals surface area contributed by atoms with E-state index in [2.05, 4.69) is 25.2 Å². The van der Waals surface area contributed by atoms with Gasteiger partial charge in [-0.15, -0.1) is 0 Å². The Morgan fingerprint density at radius 2 is 1.75 bits per heavy atom. The van der Waals surface area contributed by atoms with Crippen LogP contribution in [0.3, 0.4) is 0 Å². The molecule has 3 nitrogen and oxygen atoms in total. The molecule has 0 spiro atoms. The van der Waals surface area contributed by atoms with Crippen LogP contribution in [0.25, 0.3) is 0 Å². The molecule has 0 bridgehead atoms. The van der Waals surface area contributed by atoms with Crippen LogP contribution in [-0.4, -0.2) is 16.9 Å². The van der Waals surface area contributed by atoms with Gasteiger partial charge in [0.25, 0.3) is 0 Å². The number of hydrogen-bond donors (Lipinski definition) is 1. The number of carbonyl (C=O) groups excluding carboxylic acids is 1. The average molecular weight is 280 g/mol. The zero-order valence-corrected chi connectivity index (χ0v) is 13.2. The van der Waals surface area contributed by atoms with Crippen molar-refractivity contribution >= 4 is 11.8 Å². The molecule has 1 N–H and O–H groups in total. The monoisotopic (exact) mass is 280 g/mol. The molecule has 0 saturated heterocycles. The molecule has 20 heavy (non-hydrogen) atoms. The lowest BCUT2D eigenvalue weighted by Gasteiger charge is -2.10. The van der Waals surface area contributed by atoms with Crippen molar-refractivity contribution in [1.82, 2.24) is 0 Å². The van der Waals surface area contributed by atoms with E-state index in [1.807, 2.05) is 13.8 Å². The summed E-state index contributed by atoms with van der Waals surface area (Å²) in [5, 5.41) is 8.58. The summed E-state index contributed by atoms with van der Waals surface area (Å²) in [6.45, 7) is 7.72. The molecule has 2 unspecified atom stereocenters. The van der Waals surface area contributed by atoms with E-state index in [0.717, 1.165) is 24.8 Å². The minimum atomic E-state index is -0.744. The van der Waals surface area contributed by atoms with Gasteiger partial charge in [0.1, 0.15) is 5.78 Å². The van der Waals surface area contributed by atoms with E-state index in [9.17, 15) is 9.59 Å². The van der Waals surface area contributed by atoms with Gasteiger partial charge in [0.05, 0.1) is 0 Å². The van der Waals surface area contributed by atoms with E-state index in [4.69, 9.17) is 5.11 Å². The molecule has 0 aromatic rings. The van der Waals surface area contributed by atoms with Crippen LogP contribution < -0.4 is 0 Å². The summed E-state index contributed by atoms with van der Waals surface area (Å²) in [6.07, 6.45) is 10.1. The molecule has 2 atom stereocenters. The summed E-state index contributed by atoms with van der Waals surface area (Å²) in [6, 6.07) is 0. The zero-order chi connectivity index (χ0) is 15.5. The third-order valence-corrected chi connectivity index (χ3v) is 3.44. The molecule has 0 aromatic heterocycles. The van der Waals surface area contributed by atoms with Gasteiger partial charge in [-0.05, 0) is 45.4 Å². The Morgan fingerprint density at radius 3 is 2.30 bits per heavy atom. The Balaban J connectivity index is 3.87. The van der Waals surface area contributed by atoms with Crippen LogP contribution in [0, 0.1) is 11.8 Å². The fourth-order valence-electron chi connectivity index (χ4n) is 1.96. The fourth-order valence-corrected chi connectivity index (χ4v) is 1.96. The minimum Gasteiger partial charge on any atom is -0.481 e. The van der Waals surface area contributed by atoms with Gasteiger partial charge in [-0.3, -0.25) is 9.59 Å². The lowest BCUT2D eigenvalue weighted by atomic mass is 9.94. The van der Waals surface area contributed by atoms with Crippen molar-refractivity contribution in [2.24, 2.45) is 11.8 Å². The summed E-state index contributed by atoms with van der Waals surface area (Å²) in [4.78, 5) is 21.6. The Bertz CT molecular complexity index is 366. The smallest absolute Gasteiger partial charge is 0.303 e. The van der Waals surface area contributed by atoms with Crippen molar-refractivity contribution in [2.75, 3.05) is 0 Å². The molecule has 0 amide bonds. The number of allylic oxidation sites excluding steroid dienone is 4. The van der Waals surface area contributed by atoms with Crippen molar-refractivity contribution in [1.29, 1.82) is 0 Å². The largest absolute Gasteiger partial charge is 0.481 e. The van der Waals surface area contributed by atoms with E-state index >= 15 is 0 Å².